The van der Waals surface area contributed by atoms with Crippen LogP contribution in [0.1, 0.15) is 266 Å². The van der Waals surface area contributed by atoms with Crippen molar-refractivity contribution in [3.05, 3.63) is 0 Å². The van der Waals surface area contributed by atoms with Crippen LogP contribution in [-0.4, -0.2) is 241 Å². The van der Waals surface area contributed by atoms with Gasteiger partial charge in [0.15, 0.2) is 0 Å². The van der Waals surface area contributed by atoms with E-state index in [4.69, 9.17) is 31.4 Å². The molecule has 0 aromatic carbocycles. The Bertz CT molecular complexity index is 1560. The molecule has 93 heavy (non-hydrogen) atoms. The van der Waals surface area contributed by atoms with Crippen molar-refractivity contribution in [2.24, 2.45) is 35.0 Å². The van der Waals surface area contributed by atoms with E-state index in [1.807, 2.05) is 0 Å². The van der Waals surface area contributed by atoms with E-state index in [0.29, 0.717) is 78.9 Å². The minimum absolute atomic E-state index is 0.379. The van der Waals surface area contributed by atoms with E-state index in [1.165, 1.54) is 213 Å². The summed E-state index contributed by atoms with van der Waals surface area (Å²) in [4.78, 5) is 12.4. The lowest BCUT2D eigenvalue weighted by atomic mass is 9.86. The first kappa shape index (κ1) is 90.4. The van der Waals surface area contributed by atoms with Crippen LogP contribution in [0.15, 0.2) is 0 Å². The molecule has 0 radical (unpaired) electrons. The lowest BCUT2D eigenvalue weighted by molar-refractivity contribution is -0.0232. The summed E-state index contributed by atoms with van der Waals surface area (Å²) in [6, 6.07) is 7.25. The molecule has 8 aliphatic rings. The highest BCUT2D eigenvalue weighted by Gasteiger charge is 2.26. The molecule has 3 aliphatic carbocycles. The number of hydrogen-bond donors (Lipinski definition) is 8. The van der Waals surface area contributed by atoms with Crippen LogP contribution in [0.4, 0.5) is 0 Å². The van der Waals surface area contributed by atoms with Gasteiger partial charge < -0.3 is 72.7 Å². The van der Waals surface area contributed by atoms with Gasteiger partial charge in [0, 0.05) is 86.1 Å². The Morgan fingerprint density at radius 2 is 0.849 bits per heavy atom. The zero-order valence-electron chi connectivity index (χ0n) is 65.8. The van der Waals surface area contributed by atoms with E-state index in [1.54, 1.807) is 0 Å². The fourth-order valence-electron chi connectivity index (χ4n) is 14.0. The van der Waals surface area contributed by atoms with Crippen LogP contribution in [-0.2, 0) is 14.2 Å². The Morgan fingerprint density at radius 1 is 0.452 bits per heavy atom. The Balaban J connectivity index is 0.000000532. The fraction of sp³-hybridized carbons (Fsp3) is 1.00. The van der Waals surface area contributed by atoms with Gasteiger partial charge in [0.2, 0.25) is 0 Å². The van der Waals surface area contributed by atoms with Gasteiger partial charge in [0.1, 0.15) is 0 Å². The number of rotatable bonds is 23. The monoisotopic (exact) mass is 1320 g/mol. The van der Waals surface area contributed by atoms with Crippen LogP contribution in [0.25, 0.3) is 0 Å². The van der Waals surface area contributed by atoms with Gasteiger partial charge in [-0.15, -0.1) is 0 Å². The van der Waals surface area contributed by atoms with Gasteiger partial charge in [-0.1, -0.05) is 69.2 Å². The van der Waals surface area contributed by atoms with Crippen LogP contribution in [0.2, 0.25) is 0 Å². The maximum Gasteiger partial charge on any atom is 0.0625 e. The van der Waals surface area contributed by atoms with Crippen molar-refractivity contribution in [3.63, 3.8) is 0 Å². The van der Waals surface area contributed by atoms with Crippen LogP contribution in [0.5, 0.6) is 0 Å². The van der Waals surface area contributed by atoms with Gasteiger partial charge in [-0.2, -0.15) is 0 Å². The van der Waals surface area contributed by atoms with Crippen molar-refractivity contribution in [3.8, 4) is 0 Å². The summed E-state index contributed by atoms with van der Waals surface area (Å²) in [6.07, 6.45) is 30.5. The molecule has 8 rings (SSSR count). The van der Waals surface area contributed by atoms with Crippen LogP contribution >= 0.6 is 0 Å². The predicted molar refractivity (Wildman–Crippen MR) is 406 cm³/mol. The summed E-state index contributed by atoms with van der Waals surface area (Å²) in [5.74, 6) is 2.56. The number of piperidine rings is 3. The van der Waals surface area contributed by atoms with E-state index in [9.17, 15) is 0 Å². The normalized spacial score (nSPS) is 26.5. The number of likely N-dealkylation sites (tertiary alicyclic amines) is 4. The van der Waals surface area contributed by atoms with E-state index in [0.717, 1.165) is 62.1 Å². The zero-order chi connectivity index (χ0) is 69.7. The van der Waals surface area contributed by atoms with Crippen molar-refractivity contribution >= 4 is 0 Å². The third-order valence-corrected chi connectivity index (χ3v) is 20.3. The molecule has 5 saturated heterocycles. The maximum atomic E-state index is 5.83. The third-order valence-electron chi connectivity index (χ3n) is 20.3. The van der Waals surface area contributed by atoms with E-state index in [2.05, 4.69) is 197 Å². The fourth-order valence-corrected chi connectivity index (χ4v) is 14.0. The van der Waals surface area contributed by atoms with Crippen LogP contribution < -0.4 is 43.8 Å². The molecule has 0 bridgehead atoms. The van der Waals surface area contributed by atoms with E-state index >= 15 is 0 Å². The third kappa shape index (κ3) is 47.9. The van der Waals surface area contributed by atoms with Gasteiger partial charge in [0.05, 0.1) is 37.1 Å². The van der Waals surface area contributed by atoms with Crippen molar-refractivity contribution in [2.45, 2.75) is 363 Å². The average Bonchev–Trinajstić information content (AvgIpc) is 2.36. The summed E-state index contributed by atoms with van der Waals surface area (Å²) < 4.78 is 17.0. The van der Waals surface area contributed by atoms with Gasteiger partial charge >= 0.3 is 0 Å². The summed E-state index contributed by atoms with van der Waals surface area (Å²) in [6.45, 7) is 56.8. The zero-order valence-corrected chi connectivity index (χ0v) is 65.8. The predicted octanol–water partition coefficient (Wildman–Crippen LogP) is 12.0. The molecular weight excluding hydrogens is 1150 g/mol. The number of ether oxygens (including phenoxy) is 3. The number of nitrogens with zero attached hydrogens (tertiary/aromatic N) is 5. The molecule has 3 saturated carbocycles. The second-order valence-electron chi connectivity index (χ2n) is 31.9. The number of hydrogen-bond acceptors (Lipinski definition) is 16. The number of nitrogens with one attached hydrogen (secondary N) is 5. The molecule has 5 heterocycles. The van der Waals surface area contributed by atoms with Gasteiger partial charge in [-0.05, 0) is 308 Å². The molecule has 0 aromatic heterocycles. The first-order valence-electron chi connectivity index (χ1n) is 39.5. The summed E-state index contributed by atoms with van der Waals surface area (Å²) in [7, 11) is 6.64. The molecule has 8 fully saturated rings. The minimum Gasteiger partial charge on any atom is -0.377 e. The topological polar surface area (TPSA) is 182 Å². The highest BCUT2D eigenvalue weighted by Crippen LogP contribution is 2.26. The first-order valence-corrected chi connectivity index (χ1v) is 39.5. The van der Waals surface area contributed by atoms with E-state index in [-0.39, 0.29) is 0 Å². The van der Waals surface area contributed by atoms with Crippen molar-refractivity contribution in [2.75, 3.05) is 119 Å². The molecule has 11 N–H and O–H groups in total. The highest BCUT2D eigenvalue weighted by atomic mass is 16.5. The standard InChI is InChI=1S/5C10H22N2.C10H21NO.C9H19NO.C8H17NO/c1-9(2)12(4)10-5-7-11(3)8-6-10;2*1-8(2)12-7-9-3-5-10(11)6-4-9;1-8(2)12-10-5-3-9(7-11)4-6-10;1-4-12-7-5-6-10(12)8-11-9(2)3;1-4-11-7-5-6-10(11)8-12-9(2)3;1-8(2)11-9-4-6-10(3)7-5-9;1-7(2)10-8-3-5-9-6-4-8/h9-10H,5-8H2,1-4H3;3*8-10,12H,3-7,11H2,1-2H3;9-11H,4-8H2,1-3H3;9-10H,4-8H2,1-3H3;8-9H,4-7H2,1-3H3;7-9H,3-6H2,1-2H3. The second kappa shape index (κ2) is 55.1. The number of likely N-dealkylation sites (N-methyl/N-ethyl adjacent to an activating group) is 2. The average molecular weight is 1320 g/mol. The Kier molecular flexibility index (Phi) is 53.5. The van der Waals surface area contributed by atoms with Gasteiger partial charge in [-0.3, -0.25) is 9.80 Å². The van der Waals surface area contributed by atoms with Crippen molar-refractivity contribution in [1.29, 1.82) is 0 Å². The molecule has 2 unspecified atom stereocenters. The molecule has 16 heteroatoms. The molecule has 0 aromatic rings. The number of nitrogens with two attached hydrogens (primary N) is 3. The molecule has 5 aliphatic heterocycles. The lowest BCUT2D eigenvalue weighted by Gasteiger charge is -2.37. The SMILES string of the molecule is CC(C)N(C)C1CCN(C)CC1.CC(C)NC1CCC(CN)CC1.CC(C)NCC1CCC(N)CC1.CC(C)NCC1CCC(N)CC1.CC(C)OC1CCN(C)CC1.CC(C)OC1CCNCC1.CCN1CCCC1CNC(C)C.CCN1CCCC1COC(C)C. The molecule has 2 atom stereocenters. The summed E-state index contributed by atoms with van der Waals surface area (Å²) >= 11 is 0. The molecule has 16 nitrogen and oxygen atoms in total. The van der Waals surface area contributed by atoms with Gasteiger partial charge in [-0.25, -0.2) is 0 Å². The minimum atomic E-state index is 0.379. The smallest absolute Gasteiger partial charge is 0.0625 e. The molecule has 0 spiro atoms. The largest absolute Gasteiger partial charge is 0.377 e. The second-order valence-corrected chi connectivity index (χ2v) is 31.9. The highest BCUT2D eigenvalue weighted by molar-refractivity contribution is 4.83. The lowest BCUT2D eigenvalue weighted by Crippen LogP contribution is -2.44. The van der Waals surface area contributed by atoms with E-state index < -0.39 is 0 Å². The van der Waals surface area contributed by atoms with Gasteiger partial charge in [0.25, 0.3) is 0 Å². The van der Waals surface area contributed by atoms with Crippen molar-refractivity contribution < 1.29 is 14.2 Å². The summed E-state index contributed by atoms with van der Waals surface area (Å²) in [5, 5.41) is 17.4. The Hall–Kier alpha value is -0.640. The first-order chi connectivity index (χ1) is 44.1. The van der Waals surface area contributed by atoms with Crippen LogP contribution in [0.3, 0.4) is 0 Å². The van der Waals surface area contributed by atoms with Crippen molar-refractivity contribution in [1.82, 2.24) is 51.1 Å². The molecule has 558 valence electrons. The maximum absolute atomic E-state index is 5.83. The molecular formula is C77H167N13O3. The Morgan fingerprint density at radius 3 is 1.24 bits per heavy atom. The quantitative estimate of drug-likeness (QED) is 0.0483. The Labute approximate surface area is 579 Å². The summed E-state index contributed by atoms with van der Waals surface area (Å²) in [5.41, 5.74) is 17.3. The van der Waals surface area contributed by atoms with Crippen LogP contribution in [0, 0.1) is 17.8 Å². The molecule has 0 amide bonds.